The molecule has 0 aliphatic rings. The van der Waals surface area contributed by atoms with E-state index in [0.717, 1.165) is 6.07 Å². The van der Waals surface area contributed by atoms with Crippen molar-refractivity contribution in [2.24, 2.45) is 0 Å². The molecule has 0 amide bonds. The number of aromatic nitrogens is 1. The molecule has 0 radical (unpaired) electrons. The van der Waals surface area contributed by atoms with E-state index in [1.807, 2.05) is 0 Å². The van der Waals surface area contributed by atoms with E-state index in [1.165, 1.54) is 0 Å². The molecule has 4 N–H and O–H groups in total. The number of nitrogen functional groups attached to an aromatic ring is 2. The highest BCUT2D eigenvalue weighted by Gasteiger charge is 2.13. The van der Waals surface area contributed by atoms with Crippen molar-refractivity contribution in [3.05, 3.63) is 17.3 Å². The summed E-state index contributed by atoms with van der Waals surface area (Å²) in [5.41, 5.74) is 11.0. The fourth-order valence-corrected chi connectivity index (χ4v) is 0.830. The summed E-state index contributed by atoms with van der Waals surface area (Å²) in [7, 11) is 0. The molecule has 5 heteroatoms. The Morgan fingerprint density at radius 1 is 1.42 bits per heavy atom. The molecule has 1 aromatic heterocycles. The zero-order chi connectivity index (χ0) is 9.30. The third-order valence-corrected chi connectivity index (χ3v) is 1.55. The first-order chi connectivity index (χ1) is 5.52. The first-order valence-corrected chi connectivity index (χ1v) is 3.33. The van der Waals surface area contributed by atoms with E-state index in [9.17, 15) is 8.78 Å². The van der Waals surface area contributed by atoms with E-state index in [2.05, 4.69) is 4.98 Å². The summed E-state index contributed by atoms with van der Waals surface area (Å²) in [6, 6.07) is 1.16. The Morgan fingerprint density at radius 3 is 2.50 bits per heavy atom. The first kappa shape index (κ1) is 8.70. The van der Waals surface area contributed by atoms with Gasteiger partial charge >= 0.3 is 0 Å². The molecule has 0 aliphatic heterocycles. The van der Waals surface area contributed by atoms with Crippen LogP contribution in [0.1, 0.15) is 17.7 Å². The van der Waals surface area contributed by atoms with Crippen LogP contribution in [0.15, 0.2) is 6.07 Å². The van der Waals surface area contributed by atoms with Gasteiger partial charge in [0.15, 0.2) is 0 Å². The molecule has 66 valence electrons. The van der Waals surface area contributed by atoms with Crippen molar-refractivity contribution in [1.82, 2.24) is 4.98 Å². The van der Waals surface area contributed by atoms with Crippen LogP contribution in [0.25, 0.3) is 0 Å². The molecule has 0 atom stereocenters. The normalized spacial score (nSPS) is 10.7. The predicted octanol–water partition coefficient (Wildman–Crippen LogP) is 1.49. The number of anilines is 2. The first-order valence-electron chi connectivity index (χ1n) is 3.33. The van der Waals surface area contributed by atoms with E-state index < -0.39 is 6.43 Å². The summed E-state index contributed by atoms with van der Waals surface area (Å²) >= 11 is 0. The zero-order valence-electron chi connectivity index (χ0n) is 6.51. The van der Waals surface area contributed by atoms with Crippen LogP contribution in [0, 0.1) is 6.92 Å². The molecule has 0 aromatic carbocycles. The Hall–Kier alpha value is -1.39. The number of halogens is 2. The lowest BCUT2D eigenvalue weighted by Gasteiger charge is -2.06. The number of aryl methyl sites for hydroxylation is 1. The number of hydrogen-bond donors (Lipinski definition) is 2. The van der Waals surface area contributed by atoms with Gasteiger partial charge in [-0.2, -0.15) is 0 Å². The van der Waals surface area contributed by atoms with Gasteiger partial charge in [-0.1, -0.05) is 0 Å². The van der Waals surface area contributed by atoms with E-state index in [1.54, 1.807) is 6.92 Å². The average molecular weight is 173 g/mol. The van der Waals surface area contributed by atoms with Gasteiger partial charge in [0.05, 0.1) is 16.9 Å². The Balaban J connectivity index is 3.23. The molecule has 1 heterocycles. The van der Waals surface area contributed by atoms with Crippen LogP contribution >= 0.6 is 0 Å². The molecule has 1 rings (SSSR count). The summed E-state index contributed by atoms with van der Waals surface area (Å²) in [5.74, 6) is -0.156. The maximum Gasteiger partial charge on any atom is 0.267 e. The minimum Gasteiger partial charge on any atom is -0.397 e. The molecule has 0 unspecified atom stereocenters. The lowest BCUT2D eigenvalue weighted by molar-refractivity contribution is 0.152. The smallest absolute Gasteiger partial charge is 0.267 e. The number of alkyl halides is 2. The third kappa shape index (κ3) is 1.44. The van der Waals surface area contributed by atoms with Crippen LogP contribution < -0.4 is 11.5 Å². The van der Waals surface area contributed by atoms with Crippen LogP contribution in [-0.4, -0.2) is 4.98 Å². The molecule has 0 spiro atoms. The maximum absolute atomic E-state index is 12.2. The van der Waals surface area contributed by atoms with Gasteiger partial charge in [0.25, 0.3) is 6.43 Å². The van der Waals surface area contributed by atoms with Gasteiger partial charge < -0.3 is 11.5 Å². The molecule has 0 saturated heterocycles. The Morgan fingerprint density at radius 2 is 2.00 bits per heavy atom. The highest BCUT2D eigenvalue weighted by Crippen LogP contribution is 2.26. The molecule has 0 saturated carbocycles. The molecule has 0 aliphatic carbocycles. The summed E-state index contributed by atoms with van der Waals surface area (Å²) in [5, 5.41) is 0. The van der Waals surface area contributed by atoms with Gasteiger partial charge in [0, 0.05) is 0 Å². The monoisotopic (exact) mass is 173 g/mol. The third-order valence-electron chi connectivity index (χ3n) is 1.55. The van der Waals surface area contributed by atoms with Crippen molar-refractivity contribution in [2.75, 3.05) is 11.5 Å². The average Bonchev–Trinajstić information content (AvgIpc) is 1.96. The van der Waals surface area contributed by atoms with Gasteiger partial charge in [-0.3, -0.25) is 0 Å². The van der Waals surface area contributed by atoms with E-state index in [0.29, 0.717) is 5.69 Å². The topological polar surface area (TPSA) is 64.9 Å². The fourth-order valence-electron chi connectivity index (χ4n) is 0.830. The van der Waals surface area contributed by atoms with Gasteiger partial charge in [0.1, 0.15) is 5.82 Å². The zero-order valence-corrected chi connectivity index (χ0v) is 6.51. The lowest BCUT2D eigenvalue weighted by Crippen LogP contribution is -2.03. The van der Waals surface area contributed by atoms with Crippen molar-refractivity contribution in [3.63, 3.8) is 0 Å². The SMILES string of the molecule is Cc1nc(N)c(C(F)F)cc1N. The fraction of sp³-hybridized carbons (Fsp3) is 0.286. The number of nitrogens with zero attached hydrogens (tertiary/aromatic N) is 1. The van der Waals surface area contributed by atoms with Crippen molar-refractivity contribution >= 4 is 11.5 Å². The van der Waals surface area contributed by atoms with Crippen LogP contribution in [0.3, 0.4) is 0 Å². The van der Waals surface area contributed by atoms with Gasteiger partial charge in [0.2, 0.25) is 0 Å². The summed E-state index contributed by atoms with van der Waals surface area (Å²) in [6.45, 7) is 1.61. The van der Waals surface area contributed by atoms with E-state index in [4.69, 9.17) is 11.5 Å². The summed E-state index contributed by atoms with van der Waals surface area (Å²) in [6.07, 6.45) is -2.62. The summed E-state index contributed by atoms with van der Waals surface area (Å²) in [4.78, 5) is 3.67. The highest BCUT2D eigenvalue weighted by atomic mass is 19.3. The van der Waals surface area contributed by atoms with Crippen LogP contribution in [0.5, 0.6) is 0 Å². The van der Waals surface area contributed by atoms with Crippen molar-refractivity contribution in [3.8, 4) is 0 Å². The molecule has 0 fully saturated rings. The molecule has 12 heavy (non-hydrogen) atoms. The van der Waals surface area contributed by atoms with Gasteiger partial charge in [-0.25, -0.2) is 13.8 Å². The largest absolute Gasteiger partial charge is 0.397 e. The molecule has 3 nitrogen and oxygen atoms in total. The van der Waals surface area contributed by atoms with E-state index >= 15 is 0 Å². The highest BCUT2D eigenvalue weighted by molar-refractivity contribution is 5.53. The second-order valence-corrected chi connectivity index (χ2v) is 2.44. The minimum atomic E-state index is -2.62. The Kier molecular flexibility index (Phi) is 2.12. The predicted molar refractivity (Wildman–Crippen MR) is 42.8 cm³/mol. The van der Waals surface area contributed by atoms with Crippen molar-refractivity contribution in [2.45, 2.75) is 13.3 Å². The summed E-state index contributed by atoms with van der Waals surface area (Å²) < 4.78 is 24.3. The molecular weight excluding hydrogens is 164 g/mol. The Labute approximate surface area is 68.4 Å². The Bertz CT molecular complexity index is 299. The number of rotatable bonds is 1. The molecule has 1 aromatic rings. The quantitative estimate of drug-likeness (QED) is 0.676. The second kappa shape index (κ2) is 2.92. The number of pyridine rings is 1. The lowest BCUT2D eigenvalue weighted by atomic mass is 10.2. The maximum atomic E-state index is 12.2. The van der Waals surface area contributed by atoms with Gasteiger partial charge in [-0.15, -0.1) is 0 Å². The standard InChI is InChI=1S/C7H9F2N3/c1-3-5(10)2-4(6(8)9)7(11)12-3/h2,6H,10H2,1H3,(H2,11,12). The van der Waals surface area contributed by atoms with Crippen LogP contribution in [0.2, 0.25) is 0 Å². The number of nitrogens with two attached hydrogens (primary N) is 2. The minimum absolute atomic E-state index is 0.156. The second-order valence-electron chi connectivity index (χ2n) is 2.44. The number of hydrogen-bond acceptors (Lipinski definition) is 3. The molecule has 0 bridgehead atoms. The van der Waals surface area contributed by atoms with Crippen molar-refractivity contribution < 1.29 is 8.78 Å². The molecular formula is C7H9F2N3. The van der Waals surface area contributed by atoms with Crippen molar-refractivity contribution in [1.29, 1.82) is 0 Å². The van der Waals surface area contributed by atoms with Gasteiger partial charge in [-0.05, 0) is 13.0 Å². The van der Waals surface area contributed by atoms with E-state index in [-0.39, 0.29) is 17.1 Å². The van der Waals surface area contributed by atoms with Crippen LogP contribution in [-0.2, 0) is 0 Å². The van der Waals surface area contributed by atoms with Crippen LogP contribution in [0.4, 0.5) is 20.3 Å².